The van der Waals surface area contributed by atoms with Crippen LogP contribution in [-0.4, -0.2) is 53.8 Å². The fraction of sp³-hybridized carbons (Fsp3) is 0.467. The number of rotatable bonds is 2. The summed E-state index contributed by atoms with van der Waals surface area (Å²) in [5.74, 6) is -0.0228. The molecule has 21 heavy (non-hydrogen) atoms. The molecule has 0 saturated carbocycles. The van der Waals surface area contributed by atoms with Gasteiger partial charge in [-0.25, -0.2) is 0 Å². The zero-order valence-corrected chi connectivity index (χ0v) is 13.2. The van der Waals surface area contributed by atoms with Crippen molar-refractivity contribution in [2.45, 2.75) is 19.9 Å². The van der Waals surface area contributed by atoms with Crippen molar-refractivity contribution in [2.75, 3.05) is 26.2 Å². The molecule has 0 aromatic heterocycles. The first-order valence-corrected chi connectivity index (χ1v) is 6.89. The molecule has 1 fully saturated rings. The summed E-state index contributed by atoms with van der Waals surface area (Å²) in [7, 11) is 0. The van der Waals surface area contributed by atoms with Crippen LogP contribution in [0.1, 0.15) is 22.8 Å². The van der Waals surface area contributed by atoms with Crippen molar-refractivity contribution < 1.29 is 9.59 Å². The maximum absolute atomic E-state index is 12.3. The van der Waals surface area contributed by atoms with Crippen molar-refractivity contribution >= 4 is 24.2 Å². The normalized spacial score (nSPS) is 16.1. The number of benzene rings is 1. The maximum Gasteiger partial charge on any atom is 0.253 e. The van der Waals surface area contributed by atoms with Crippen molar-refractivity contribution in [2.24, 2.45) is 5.73 Å². The first kappa shape index (κ1) is 17.5. The van der Waals surface area contributed by atoms with Gasteiger partial charge in [0.2, 0.25) is 5.91 Å². The van der Waals surface area contributed by atoms with E-state index in [1.54, 1.807) is 16.7 Å². The minimum Gasteiger partial charge on any atom is -0.338 e. The van der Waals surface area contributed by atoms with Gasteiger partial charge in [0.1, 0.15) is 0 Å². The van der Waals surface area contributed by atoms with Crippen molar-refractivity contribution in [3.8, 4) is 0 Å². The highest BCUT2D eigenvalue weighted by atomic mass is 35.5. The molecule has 1 heterocycles. The summed E-state index contributed by atoms with van der Waals surface area (Å²) in [6.07, 6.45) is 0. The van der Waals surface area contributed by atoms with E-state index in [0.29, 0.717) is 31.7 Å². The lowest BCUT2D eigenvalue weighted by molar-refractivity contribution is -0.133. The lowest BCUT2D eigenvalue weighted by Crippen LogP contribution is -2.53. The van der Waals surface area contributed by atoms with E-state index >= 15 is 0 Å². The molecule has 0 radical (unpaired) electrons. The van der Waals surface area contributed by atoms with Gasteiger partial charge in [0, 0.05) is 31.7 Å². The van der Waals surface area contributed by atoms with E-state index in [2.05, 4.69) is 0 Å². The summed E-state index contributed by atoms with van der Waals surface area (Å²) >= 11 is 0. The minimum absolute atomic E-state index is 0. The second-order valence-corrected chi connectivity index (χ2v) is 5.27. The number of halogens is 1. The average molecular weight is 312 g/mol. The molecule has 0 aliphatic carbocycles. The molecule has 2 rings (SSSR count). The van der Waals surface area contributed by atoms with Gasteiger partial charge in [-0.05, 0) is 26.0 Å². The van der Waals surface area contributed by atoms with Gasteiger partial charge >= 0.3 is 0 Å². The van der Waals surface area contributed by atoms with Gasteiger partial charge in [-0.3, -0.25) is 9.59 Å². The molecule has 0 spiro atoms. The number of nitrogens with zero attached hydrogens (tertiary/aromatic N) is 2. The fourth-order valence-corrected chi connectivity index (χ4v) is 2.30. The van der Waals surface area contributed by atoms with Crippen LogP contribution in [0.25, 0.3) is 0 Å². The number of nitrogens with two attached hydrogens (primary N) is 1. The van der Waals surface area contributed by atoms with Crippen LogP contribution < -0.4 is 5.73 Å². The minimum atomic E-state index is -0.477. The van der Waals surface area contributed by atoms with E-state index in [-0.39, 0.29) is 24.2 Å². The highest BCUT2D eigenvalue weighted by molar-refractivity contribution is 5.94. The summed E-state index contributed by atoms with van der Waals surface area (Å²) < 4.78 is 0. The van der Waals surface area contributed by atoms with Crippen molar-refractivity contribution in [1.82, 2.24) is 9.80 Å². The Labute approximate surface area is 131 Å². The number of amides is 2. The maximum atomic E-state index is 12.3. The van der Waals surface area contributed by atoms with Gasteiger partial charge in [-0.15, -0.1) is 12.4 Å². The van der Waals surface area contributed by atoms with E-state index in [1.165, 1.54) is 0 Å². The van der Waals surface area contributed by atoms with Crippen LogP contribution >= 0.6 is 12.4 Å². The van der Waals surface area contributed by atoms with Crippen LogP contribution in [0.2, 0.25) is 0 Å². The molecular weight excluding hydrogens is 290 g/mol. The zero-order chi connectivity index (χ0) is 14.7. The van der Waals surface area contributed by atoms with E-state index in [4.69, 9.17) is 5.73 Å². The number of carbonyl (C=O) groups excluding carboxylic acids is 2. The van der Waals surface area contributed by atoms with Gasteiger partial charge in [-0.2, -0.15) is 0 Å². The Hall–Kier alpha value is -1.59. The predicted octanol–water partition coefficient (Wildman–Crippen LogP) is 1.05. The molecule has 1 aliphatic heterocycles. The number of aryl methyl sites for hydroxylation is 1. The molecule has 116 valence electrons. The fourth-order valence-electron chi connectivity index (χ4n) is 2.30. The van der Waals surface area contributed by atoms with Crippen LogP contribution in [0.4, 0.5) is 0 Å². The zero-order valence-electron chi connectivity index (χ0n) is 12.4. The Kier molecular flexibility index (Phi) is 6.18. The van der Waals surface area contributed by atoms with Crippen LogP contribution in [0.3, 0.4) is 0 Å². The Morgan fingerprint density at radius 2 is 1.52 bits per heavy atom. The lowest BCUT2D eigenvalue weighted by Gasteiger charge is -2.35. The second-order valence-electron chi connectivity index (χ2n) is 5.27. The number of hydrogen-bond donors (Lipinski definition) is 1. The Bertz CT molecular complexity index is 494. The number of hydrogen-bond acceptors (Lipinski definition) is 3. The van der Waals surface area contributed by atoms with Crippen molar-refractivity contribution in [1.29, 1.82) is 0 Å². The molecule has 1 aliphatic rings. The molecule has 6 heteroatoms. The average Bonchev–Trinajstić information content (AvgIpc) is 2.46. The van der Waals surface area contributed by atoms with Crippen molar-refractivity contribution in [3.05, 3.63) is 35.4 Å². The molecule has 0 unspecified atom stereocenters. The van der Waals surface area contributed by atoms with E-state index in [9.17, 15) is 9.59 Å². The topological polar surface area (TPSA) is 66.6 Å². The monoisotopic (exact) mass is 311 g/mol. The van der Waals surface area contributed by atoms with Crippen molar-refractivity contribution in [3.63, 3.8) is 0 Å². The van der Waals surface area contributed by atoms with Gasteiger partial charge in [0.15, 0.2) is 0 Å². The molecule has 1 aromatic carbocycles. The summed E-state index contributed by atoms with van der Waals surface area (Å²) in [5.41, 5.74) is 7.42. The van der Waals surface area contributed by atoms with E-state index < -0.39 is 6.04 Å². The van der Waals surface area contributed by atoms with Gasteiger partial charge in [0.25, 0.3) is 5.91 Å². The van der Waals surface area contributed by atoms with E-state index in [1.807, 2.05) is 31.2 Å². The number of piperazine rings is 1. The lowest BCUT2D eigenvalue weighted by atomic mass is 10.1. The van der Waals surface area contributed by atoms with Crippen LogP contribution in [-0.2, 0) is 4.79 Å². The van der Waals surface area contributed by atoms with Gasteiger partial charge < -0.3 is 15.5 Å². The van der Waals surface area contributed by atoms with Crippen LogP contribution in [0.5, 0.6) is 0 Å². The summed E-state index contributed by atoms with van der Waals surface area (Å²) in [5, 5.41) is 0. The summed E-state index contributed by atoms with van der Waals surface area (Å²) in [6, 6.07) is 7.08. The molecule has 1 atom stereocenters. The Balaban J connectivity index is 0.00000220. The Morgan fingerprint density at radius 3 is 2.00 bits per heavy atom. The largest absolute Gasteiger partial charge is 0.338 e. The molecule has 0 bridgehead atoms. The van der Waals surface area contributed by atoms with Gasteiger partial charge in [0.05, 0.1) is 6.04 Å². The molecule has 2 N–H and O–H groups in total. The third kappa shape index (κ3) is 4.19. The molecule has 5 nitrogen and oxygen atoms in total. The summed E-state index contributed by atoms with van der Waals surface area (Å²) in [4.78, 5) is 27.6. The molecule has 1 saturated heterocycles. The van der Waals surface area contributed by atoms with Gasteiger partial charge in [-0.1, -0.05) is 17.7 Å². The molecule has 2 amide bonds. The SMILES string of the molecule is Cc1ccc(C(=O)N2CCN(C(=O)[C@H](C)N)CC2)cc1.Cl. The first-order chi connectivity index (χ1) is 9.49. The quantitative estimate of drug-likeness (QED) is 0.887. The standard InChI is InChI=1S/C15H21N3O2.ClH/c1-11-3-5-13(6-4-11)15(20)18-9-7-17(8-10-18)14(19)12(2)16;/h3-6,12H,7-10,16H2,1-2H3;1H/t12-;/m0./s1. The third-order valence-corrected chi connectivity index (χ3v) is 3.57. The molecule has 1 aromatic rings. The van der Waals surface area contributed by atoms with Crippen LogP contribution in [0.15, 0.2) is 24.3 Å². The third-order valence-electron chi connectivity index (χ3n) is 3.57. The first-order valence-electron chi connectivity index (χ1n) is 6.89. The smallest absolute Gasteiger partial charge is 0.253 e. The van der Waals surface area contributed by atoms with E-state index in [0.717, 1.165) is 5.56 Å². The Morgan fingerprint density at radius 1 is 1.05 bits per heavy atom. The number of carbonyl (C=O) groups is 2. The highest BCUT2D eigenvalue weighted by Gasteiger charge is 2.25. The summed E-state index contributed by atoms with van der Waals surface area (Å²) in [6.45, 7) is 5.91. The predicted molar refractivity (Wildman–Crippen MR) is 84.6 cm³/mol. The highest BCUT2D eigenvalue weighted by Crippen LogP contribution is 2.10. The second kappa shape index (κ2) is 7.43. The van der Waals surface area contributed by atoms with Crippen LogP contribution in [0, 0.1) is 6.92 Å². The molecular formula is C15H22ClN3O2.